The number of rotatable bonds is 3. The second-order valence-corrected chi connectivity index (χ2v) is 5.14. The van der Waals surface area contributed by atoms with Crippen LogP contribution in [-0.2, 0) is 0 Å². The molecule has 2 aromatic carbocycles. The molecule has 0 aromatic heterocycles. The van der Waals surface area contributed by atoms with Crippen LogP contribution in [0.1, 0.15) is 24.2 Å². The number of aryl methyl sites for hydroxylation is 1. The van der Waals surface area contributed by atoms with Gasteiger partial charge in [-0.3, -0.25) is 0 Å². The first kappa shape index (κ1) is 13.1. The van der Waals surface area contributed by atoms with Crippen LogP contribution in [0.3, 0.4) is 0 Å². The molecule has 0 aliphatic heterocycles. The molecule has 0 spiro atoms. The van der Waals surface area contributed by atoms with Gasteiger partial charge in [-0.05, 0) is 65.2 Å². The van der Waals surface area contributed by atoms with E-state index in [4.69, 9.17) is 4.74 Å². The van der Waals surface area contributed by atoms with E-state index in [0.717, 1.165) is 27.1 Å². The molecule has 0 radical (unpaired) electrons. The maximum absolute atomic E-state index is 9.50. The lowest BCUT2D eigenvalue weighted by Gasteiger charge is -2.11. The highest BCUT2D eigenvalue weighted by Crippen LogP contribution is 2.32. The topological polar surface area (TPSA) is 29.5 Å². The number of halogens is 1. The SMILES string of the molecule is Cc1cccc(Oc2ccc([C@H](C)O)cc2Br)c1. The highest BCUT2D eigenvalue weighted by atomic mass is 79.9. The molecule has 0 unspecified atom stereocenters. The van der Waals surface area contributed by atoms with Crippen LogP contribution >= 0.6 is 15.9 Å². The summed E-state index contributed by atoms with van der Waals surface area (Å²) in [6.45, 7) is 3.77. The van der Waals surface area contributed by atoms with Crippen molar-refractivity contribution < 1.29 is 9.84 Å². The van der Waals surface area contributed by atoms with Crippen molar-refractivity contribution in [3.63, 3.8) is 0 Å². The molecule has 0 fully saturated rings. The zero-order valence-electron chi connectivity index (χ0n) is 10.4. The Morgan fingerprint density at radius 3 is 2.56 bits per heavy atom. The first-order chi connectivity index (χ1) is 8.56. The van der Waals surface area contributed by atoms with E-state index in [0.29, 0.717) is 0 Å². The van der Waals surface area contributed by atoms with Crippen LogP contribution in [-0.4, -0.2) is 5.11 Å². The van der Waals surface area contributed by atoms with Gasteiger partial charge >= 0.3 is 0 Å². The molecular weight excluding hydrogens is 292 g/mol. The molecule has 0 amide bonds. The zero-order chi connectivity index (χ0) is 13.1. The largest absolute Gasteiger partial charge is 0.456 e. The van der Waals surface area contributed by atoms with Gasteiger partial charge in [0.25, 0.3) is 0 Å². The molecule has 0 saturated carbocycles. The summed E-state index contributed by atoms with van der Waals surface area (Å²) in [6, 6.07) is 13.5. The smallest absolute Gasteiger partial charge is 0.141 e. The van der Waals surface area contributed by atoms with E-state index in [-0.39, 0.29) is 0 Å². The minimum Gasteiger partial charge on any atom is -0.456 e. The van der Waals surface area contributed by atoms with Gasteiger partial charge in [0, 0.05) is 0 Å². The molecule has 0 saturated heterocycles. The maximum Gasteiger partial charge on any atom is 0.141 e. The summed E-state index contributed by atoms with van der Waals surface area (Å²) in [5.41, 5.74) is 2.02. The van der Waals surface area contributed by atoms with Gasteiger partial charge in [0.1, 0.15) is 11.5 Å². The predicted octanol–water partition coefficient (Wildman–Crippen LogP) is 4.60. The first-order valence-corrected chi connectivity index (χ1v) is 6.57. The minimum absolute atomic E-state index is 0.477. The van der Waals surface area contributed by atoms with Crippen molar-refractivity contribution in [2.45, 2.75) is 20.0 Å². The van der Waals surface area contributed by atoms with Crippen molar-refractivity contribution >= 4 is 15.9 Å². The van der Waals surface area contributed by atoms with E-state index in [1.54, 1.807) is 6.92 Å². The van der Waals surface area contributed by atoms with Gasteiger partial charge in [0.15, 0.2) is 0 Å². The number of ether oxygens (including phenoxy) is 1. The summed E-state index contributed by atoms with van der Waals surface area (Å²) in [5.74, 6) is 1.55. The molecule has 0 aliphatic carbocycles. The first-order valence-electron chi connectivity index (χ1n) is 5.78. The summed E-state index contributed by atoms with van der Waals surface area (Å²) in [5, 5.41) is 9.50. The highest BCUT2D eigenvalue weighted by Gasteiger charge is 2.07. The molecule has 0 heterocycles. The molecule has 2 nitrogen and oxygen atoms in total. The third-order valence-corrected chi connectivity index (χ3v) is 3.28. The monoisotopic (exact) mass is 306 g/mol. The Hall–Kier alpha value is -1.32. The van der Waals surface area contributed by atoms with Gasteiger partial charge in [-0.15, -0.1) is 0 Å². The summed E-state index contributed by atoms with van der Waals surface area (Å²) >= 11 is 3.46. The lowest BCUT2D eigenvalue weighted by Crippen LogP contribution is -1.92. The number of hydrogen-bond donors (Lipinski definition) is 1. The fourth-order valence-electron chi connectivity index (χ4n) is 1.67. The van der Waals surface area contributed by atoms with Crippen molar-refractivity contribution in [3.8, 4) is 11.5 Å². The molecule has 94 valence electrons. The quantitative estimate of drug-likeness (QED) is 0.897. The molecule has 1 atom stereocenters. The fourth-order valence-corrected chi connectivity index (χ4v) is 2.14. The van der Waals surface area contributed by atoms with Crippen LogP contribution in [0.5, 0.6) is 11.5 Å². The number of aliphatic hydroxyl groups excluding tert-OH is 1. The van der Waals surface area contributed by atoms with Crippen LogP contribution in [0, 0.1) is 6.92 Å². The minimum atomic E-state index is -0.477. The van der Waals surface area contributed by atoms with Crippen molar-refractivity contribution in [2.75, 3.05) is 0 Å². The lowest BCUT2D eigenvalue weighted by atomic mass is 10.1. The highest BCUT2D eigenvalue weighted by molar-refractivity contribution is 9.10. The van der Waals surface area contributed by atoms with Crippen molar-refractivity contribution in [1.82, 2.24) is 0 Å². The van der Waals surface area contributed by atoms with Gasteiger partial charge in [-0.25, -0.2) is 0 Å². The summed E-state index contributed by atoms with van der Waals surface area (Å²) in [6.07, 6.45) is -0.477. The van der Waals surface area contributed by atoms with Crippen LogP contribution in [0.25, 0.3) is 0 Å². The third kappa shape index (κ3) is 3.12. The summed E-state index contributed by atoms with van der Waals surface area (Å²) in [4.78, 5) is 0. The molecular formula is C15H15BrO2. The van der Waals surface area contributed by atoms with Crippen LogP contribution < -0.4 is 4.74 Å². The molecule has 1 N–H and O–H groups in total. The lowest BCUT2D eigenvalue weighted by molar-refractivity contribution is 0.199. The molecule has 2 aromatic rings. The Morgan fingerprint density at radius 2 is 1.94 bits per heavy atom. The standard InChI is InChI=1S/C15H15BrO2/c1-10-4-3-5-13(8-10)18-15-7-6-12(11(2)17)9-14(15)16/h3-9,11,17H,1-2H3/t11-/m0/s1. The zero-order valence-corrected chi connectivity index (χ0v) is 11.9. The van der Waals surface area contributed by atoms with E-state index in [2.05, 4.69) is 15.9 Å². The molecule has 3 heteroatoms. The summed E-state index contributed by atoms with van der Waals surface area (Å²) < 4.78 is 6.63. The second-order valence-electron chi connectivity index (χ2n) is 4.28. The number of aliphatic hydroxyl groups is 1. The average molecular weight is 307 g/mol. The third-order valence-electron chi connectivity index (χ3n) is 2.66. The van der Waals surface area contributed by atoms with Gasteiger partial charge in [-0.1, -0.05) is 18.2 Å². The Labute approximate surface area is 115 Å². The number of benzene rings is 2. The number of hydrogen-bond acceptors (Lipinski definition) is 2. The molecule has 0 bridgehead atoms. The molecule has 18 heavy (non-hydrogen) atoms. The Kier molecular flexibility index (Phi) is 4.04. The normalized spacial score (nSPS) is 12.2. The maximum atomic E-state index is 9.50. The average Bonchev–Trinajstić information content (AvgIpc) is 2.31. The van der Waals surface area contributed by atoms with Crippen LogP contribution in [0.2, 0.25) is 0 Å². The van der Waals surface area contributed by atoms with Crippen LogP contribution in [0.4, 0.5) is 0 Å². The van der Waals surface area contributed by atoms with E-state index in [9.17, 15) is 5.11 Å². The Balaban J connectivity index is 2.24. The van der Waals surface area contributed by atoms with Gasteiger partial charge < -0.3 is 9.84 Å². The van der Waals surface area contributed by atoms with Gasteiger partial charge in [-0.2, -0.15) is 0 Å². The van der Waals surface area contributed by atoms with E-state index in [1.807, 2.05) is 49.4 Å². The van der Waals surface area contributed by atoms with Gasteiger partial charge in [0.2, 0.25) is 0 Å². The van der Waals surface area contributed by atoms with Crippen molar-refractivity contribution in [3.05, 3.63) is 58.1 Å². The van der Waals surface area contributed by atoms with Crippen molar-refractivity contribution in [2.24, 2.45) is 0 Å². The second kappa shape index (κ2) is 5.55. The predicted molar refractivity (Wildman–Crippen MR) is 76.0 cm³/mol. The van der Waals surface area contributed by atoms with Gasteiger partial charge in [0.05, 0.1) is 10.6 Å². The van der Waals surface area contributed by atoms with E-state index < -0.39 is 6.10 Å². The van der Waals surface area contributed by atoms with Crippen LogP contribution in [0.15, 0.2) is 46.9 Å². The molecule has 2 rings (SSSR count). The van der Waals surface area contributed by atoms with E-state index >= 15 is 0 Å². The van der Waals surface area contributed by atoms with Crippen molar-refractivity contribution in [1.29, 1.82) is 0 Å². The summed E-state index contributed by atoms with van der Waals surface area (Å²) in [7, 11) is 0. The fraction of sp³-hybridized carbons (Fsp3) is 0.200. The Bertz CT molecular complexity index is 550. The Morgan fingerprint density at radius 1 is 1.17 bits per heavy atom. The molecule has 0 aliphatic rings. The van der Waals surface area contributed by atoms with E-state index in [1.165, 1.54) is 0 Å².